The molecule has 6 heteroatoms. The number of thiazole rings is 1. The van der Waals surface area contributed by atoms with Crippen molar-refractivity contribution < 1.29 is 14.3 Å². The summed E-state index contributed by atoms with van der Waals surface area (Å²) in [6, 6.07) is 0. The number of amides is 1. The minimum Gasteiger partial charge on any atom is -0.494 e. The molecule has 22 heavy (non-hydrogen) atoms. The summed E-state index contributed by atoms with van der Waals surface area (Å²) in [6.45, 7) is 1.49. The first-order valence-electron chi connectivity index (χ1n) is 8.00. The molecule has 0 aromatic carbocycles. The second-order valence-corrected chi connectivity index (χ2v) is 6.65. The maximum atomic E-state index is 11.8. The lowest BCUT2D eigenvalue weighted by atomic mass is 9.87. The third-order valence-corrected chi connectivity index (χ3v) is 5.02. The number of carbonyl (C=O) groups is 1. The normalized spacial score (nSPS) is 19.0. The molecule has 1 saturated carbocycles. The van der Waals surface area contributed by atoms with E-state index in [-0.39, 0.29) is 11.7 Å². The number of carbonyl (C=O) groups excluding carboxylic acids is 1. The van der Waals surface area contributed by atoms with Crippen LogP contribution in [0.25, 0.3) is 0 Å². The number of nitrogens with one attached hydrogen (secondary N) is 1. The van der Waals surface area contributed by atoms with Gasteiger partial charge in [-0.1, -0.05) is 19.3 Å². The summed E-state index contributed by atoms with van der Waals surface area (Å²) >= 11 is 1.70. The molecule has 1 aromatic heterocycles. The standard InChI is InChI=1S/C16H22N2O3S/c19-16(14-10-20-8-9-21-14)17-7-6-15-18-13(11-22-15)12-4-2-1-3-5-12/h10-12H,1-9H2,(H,17,19). The molecular weight excluding hydrogens is 300 g/mol. The van der Waals surface area contributed by atoms with Gasteiger partial charge >= 0.3 is 0 Å². The second-order valence-electron chi connectivity index (χ2n) is 5.71. The Balaban J connectivity index is 1.44. The van der Waals surface area contributed by atoms with Crippen LogP contribution >= 0.6 is 11.3 Å². The third kappa shape index (κ3) is 4.00. The monoisotopic (exact) mass is 322 g/mol. The predicted molar refractivity (Wildman–Crippen MR) is 84.6 cm³/mol. The maximum Gasteiger partial charge on any atom is 0.289 e. The van der Waals surface area contributed by atoms with Crippen molar-refractivity contribution in [1.29, 1.82) is 0 Å². The Morgan fingerprint density at radius 3 is 2.95 bits per heavy atom. The van der Waals surface area contributed by atoms with Gasteiger partial charge in [0.1, 0.15) is 19.5 Å². The van der Waals surface area contributed by atoms with Crippen LogP contribution in [0.3, 0.4) is 0 Å². The minimum absolute atomic E-state index is 0.219. The molecule has 1 amide bonds. The Hall–Kier alpha value is -1.56. The number of hydrogen-bond acceptors (Lipinski definition) is 5. The number of nitrogens with zero attached hydrogens (tertiary/aromatic N) is 1. The fourth-order valence-corrected chi connectivity index (χ4v) is 3.76. The predicted octanol–water partition coefficient (Wildman–Crippen LogP) is 2.74. The van der Waals surface area contributed by atoms with Crippen LogP contribution in [0.2, 0.25) is 0 Å². The van der Waals surface area contributed by atoms with E-state index in [4.69, 9.17) is 14.5 Å². The molecule has 1 aliphatic carbocycles. The fraction of sp³-hybridized carbons (Fsp3) is 0.625. The molecule has 0 bridgehead atoms. The Labute approximate surface area is 134 Å². The SMILES string of the molecule is O=C(NCCc1nc(C2CCCCC2)cs1)C1=COCCO1. The molecule has 2 heterocycles. The van der Waals surface area contributed by atoms with Crippen LogP contribution in [0.1, 0.15) is 48.7 Å². The van der Waals surface area contributed by atoms with Crippen molar-refractivity contribution in [2.24, 2.45) is 0 Å². The highest BCUT2D eigenvalue weighted by Crippen LogP contribution is 2.33. The number of ether oxygens (including phenoxy) is 2. The van der Waals surface area contributed by atoms with Crippen LogP contribution in [0.5, 0.6) is 0 Å². The lowest BCUT2D eigenvalue weighted by molar-refractivity contribution is -0.122. The molecule has 0 spiro atoms. The van der Waals surface area contributed by atoms with E-state index in [1.807, 2.05) is 0 Å². The maximum absolute atomic E-state index is 11.8. The van der Waals surface area contributed by atoms with Crippen molar-refractivity contribution in [3.63, 3.8) is 0 Å². The lowest BCUT2D eigenvalue weighted by Gasteiger charge is -2.19. The minimum atomic E-state index is -0.219. The van der Waals surface area contributed by atoms with Gasteiger partial charge in [-0.2, -0.15) is 0 Å². The first-order chi connectivity index (χ1) is 10.8. The molecule has 1 aromatic rings. The Kier molecular flexibility index (Phi) is 5.32. The number of rotatable bonds is 5. The zero-order valence-electron chi connectivity index (χ0n) is 12.7. The summed E-state index contributed by atoms with van der Waals surface area (Å²) < 4.78 is 10.3. The molecule has 2 aliphatic rings. The van der Waals surface area contributed by atoms with E-state index >= 15 is 0 Å². The van der Waals surface area contributed by atoms with Gasteiger partial charge in [-0.15, -0.1) is 11.3 Å². The summed E-state index contributed by atoms with van der Waals surface area (Å²) in [5.74, 6) is 0.684. The van der Waals surface area contributed by atoms with Gasteiger partial charge in [0.2, 0.25) is 5.76 Å². The fourth-order valence-electron chi connectivity index (χ4n) is 2.88. The van der Waals surface area contributed by atoms with Crippen molar-refractivity contribution in [2.75, 3.05) is 19.8 Å². The summed E-state index contributed by atoms with van der Waals surface area (Å²) in [6.07, 6.45) is 8.69. The second kappa shape index (κ2) is 7.63. The van der Waals surface area contributed by atoms with E-state index in [0.717, 1.165) is 11.4 Å². The van der Waals surface area contributed by atoms with E-state index in [0.29, 0.717) is 25.7 Å². The van der Waals surface area contributed by atoms with Crippen LogP contribution in [-0.4, -0.2) is 30.6 Å². The van der Waals surface area contributed by atoms with E-state index in [1.165, 1.54) is 44.1 Å². The van der Waals surface area contributed by atoms with Gasteiger partial charge < -0.3 is 14.8 Å². The zero-order chi connectivity index (χ0) is 15.2. The highest BCUT2D eigenvalue weighted by atomic mass is 32.1. The summed E-state index contributed by atoms with van der Waals surface area (Å²) in [4.78, 5) is 16.6. The highest BCUT2D eigenvalue weighted by Gasteiger charge is 2.18. The summed E-state index contributed by atoms with van der Waals surface area (Å²) in [5.41, 5.74) is 1.25. The first kappa shape index (κ1) is 15.3. The van der Waals surface area contributed by atoms with Crippen LogP contribution in [0, 0.1) is 0 Å². The highest BCUT2D eigenvalue weighted by molar-refractivity contribution is 7.09. The van der Waals surface area contributed by atoms with Crippen LogP contribution in [-0.2, 0) is 20.7 Å². The van der Waals surface area contributed by atoms with Crippen LogP contribution < -0.4 is 5.32 Å². The van der Waals surface area contributed by atoms with E-state index in [9.17, 15) is 4.79 Å². The Bertz CT molecular complexity index is 535. The van der Waals surface area contributed by atoms with Crippen molar-refractivity contribution in [3.8, 4) is 0 Å². The molecule has 120 valence electrons. The van der Waals surface area contributed by atoms with Crippen molar-refractivity contribution in [2.45, 2.75) is 44.4 Å². The topological polar surface area (TPSA) is 60.5 Å². The number of hydrogen-bond donors (Lipinski definition) is 1. The summed E-state index contributed by atoms with van der Waals surface area (Å²) in [5, 5.41) is 6.13. The van der Waals surface area contributed by atoms with E-state index < -0.39 is 0 Å². The molecule has 0 atom stereocenters. The van der Waals surface area contributed by atoms with Gasteiger partial charge in [0, 0.05) is 24.3 Å². The van der Waals surface area contributed by atoms with Gasteiger partial charge in [-0.25, -0.2) is 4.98 Å². The Morgan fingerprint density at radius 2 is 2.18 bits per heavy atom. The largest absolute Gasteiger partial charge is 0.494 e. The third-order valence-electron chi connectivity index (χ3n) is 4.09. The first-order valence-corrected chi connectivity index (χ1v) is 8.88. The molecule has 0 saturated heterocycles. The molecular formula is C16H22N2O3S. The average molecular weight is 322 g/mol. The van der Waals surface area contributed by atoms with Gasteiger partial charge in [0.15, 0.2) is 0 Å². The molecule has 1 aliphatic heterocycles. The molecule has 1 fully saturated rings. The number of aromatic nitrogens is 1. The van der Waals surface area contributed by atoms with Crippen LogP contribution in [0.15, 0.2) is 17.4 Å². The lowest BCUT2D eigenvalue weighted by Crippen LogP contribution is -2.30. The van der Waals surface area contributed by atoms with Gasteiger partial charge in [0.25, 0.3) is 5.91 Å². The molecule has 5 nitrogen and oxygen atoms in total. The van der Waals surface area contributed by atoms with Crippen LogP contribution in [0.4, 0.5) is 0 Å². The van der Waals surface area contributed by atoms with Crippen molar-refractivity contribution in [3.05, 3.63) is 28.1 Å². The zero-order valence-corrected chi connectivity index (χ0v) is 13.5. The Morgan fingerprint density at radius 1 is 1.32 bits per heavy atom. The van der Waals surface area contributed by atoms with E-state index in [1.54, 1.807) is 11.3 Å². The smallest absolute Gasteiger partial charge is 0.289 e. The van der Waals surface area contributed by atoms with E-state index in [2.05, 4.69) is 10.7 Å². The molecule has 0 unspecified atom stereocenters. The van der Waals surface area contributed by atoms with Gasteiger partial charge in [-0.3, -0.25) is 4.79 Å². The van der Waals surface area contributed by atoms with Gasteiger partial charge in [-0.05, 0) is 12.8 Å². The quantitative estimate of drug-likeness (QED) is 0.905. The summed E-state index contributed by atoms with van der Waals surface area (Å²) in [7, 11) is 0. The average Bonchev–Trinajstić information content (AvgIpc) is 3.05. The van der Waals surface area contributed by atoms with Crippen molar-refractivity contribution in [1.82, 2.24) is 10.3 Å². The molecule has 3 rings (SSSR count). The molecule has 0 radical (unpaired) electrons. The molecule has 1 N–H and O–H groups in total. The van der Waals surface area contributed by atoms with Gasteiger partial charge in [0.05, 0.1) is 10.7 Å². The van der Waals surface area contributed by atoms with Crippen molar-refractivity contribution >= 4 is 17.2 Å².